The Balaban J connectivity index is 1.50. The van der Waals surface area contributed by atoms with Crippen LogP contribution in [0.15, 0.2) is 47.1 Å². The third kappa shape index (κ3) is 4.40. The average Bonchev–Trinajstić information content (AvgIpc) is 3.07. The Morgan fingerprint density at radius 1 is 1.30 bits per heavy atom. The number of furan rings is 1. The number of nitrogens with one attached hydrogen (secondary N) is 1. The van der Waals surface area contributed by atoms with Crippen LogP contribution in [0.1, 0.15) is 17.4 Å². The van der Waals surface area contributed by atoms with Crippen LogP contribution in [0.3, 0.4) is 0 Å². The first-order valence-electron chi connectivity index (χ1n) is 7.59. The molecule has 1 unspecified atom stereocenters. The van der Waals surface area contributed by atoms with E-state index in [2.05, 4.69) is 5.32 Å². The van der Waals surface area contributed by atoms with Gasteiger partial charge in [0.25, 0.3) is 0 Å². The fourth-order valence-corrected chi connectivity index (χ4v) is 2.58. The van der Waals surface area contributed by atoms with Gasteiger partial charge in [0.1, 0.15) is 11.6 Å². The Hall–Kier alpha value is -2.18. The van der Waals surface area contributed by atoms with Gasteiger partial charge in [0, 0.05) is 13.1 Å². The number of benzene rings is 1. The van der Waals surface area contributed by atoms with Gasteiger partial charge in [-0.15, -0.1) is 0 Å². The van der Waals surface area contributed by atoms with Crippen molar-refractivity contribution in [3.63, 3.8) is 0 Å². The summed E-state index contributed by atoms with van der Waals surface area (Å²) in [6, 6.07) is 9.90. The molecule has 0 radical (unpaired) electrons. The van der Waals surface area contributed by atoms with E-state index in [1.807, 2.05) is 11.0 Å². The molecule has 122 valence electrons. The molecule has 3 rings (SSSR count). The minimum absolute atomic E-state index is 0.0545. The molecule has 1 N–H and O–H groups in total. The second-order valence-electron chi connectivity index (χ2n) is 5.50. The maximum absolute atomic E-state index is 13.0. The predicted octanol–water partition coefficient (Wildman–Crippen LogP) is 2.11. The zero-order valence-corrected chi connectivity index (χ0v) is 12.7. The van der Waals surface area contributed by atoms with E-state index in [0.717, 1.165) is 11.3 Å². The Morgan fingerprint density at radius 3 is 2.87 bits per heavy atom. The summed E-state index contributed by atoms with van der Waals surface area (Å²) < 4.78 is 23.9. The lowest BCUT2D eigenvalue weighted by atomic mass is 10.1. The highest BCUT2D eigenvalue weighted by Crippen LogP contribution is 2.22. The number of nitrogens with zero attached hydrogens (tertiary/aromatic N) is 1. The standard InChI is InChI=1S/C17H19FN2O3/c18-14-5-3-13(4-6-14)16-11-20(7-9-23-16)12-17(21)19-10-15-2-1-8-22-15/h1-6,8,16H,7,9-12H2,(H,19,21). The van der Waals surface area contributed by atoms with Crippen LogP contribution in [0.4, 0.5) is 4.39 Å². The summed E-state index contributed by atoms with van der Waals surface area (Å²) in [5.74, 6) is 0.407. The van der Waals surface area contributed by atoms with Gasteiger partial charge in [0.05, 0.1) is 32.1 Å². The first-order valence-corrected chi connectivity index (χ1v) is 7.59. The van der Waals surface area contributed by atoms with Gasteiger partial charge in [-0.2, -0.15) is 0 Å². The number of morpholine rings is 1. The Labute approximate surface area is 134 Å². The molecule has 2 aromatic rings. The van der Waals surface area contributed by atoms with Crippen molar-refractivity contribution in [2.45, 2.75) is 12.6 Å². The van der Waals surface area contributed by atoms with Gasteiger partial charge in [-0.25, -0.2) is 4.39 Å². The number of hydrogen-bond donors (Lipinski definition) is 1. The second kappa shape index (κ2) is 7.39. The van der Waals surface area contributed by atoms with E-state index in [1.54, 1.807) is 24.5 Å². The van der Waals surface area contributed by atoms with E-state index in [4.69, 9.17) is 9.15 Å². The third-order valence-corrected chi connectivity index (χ3v) is 3.80. The highest BCUT2D eigenvalue weighted by molar-refractivity contribution is 5.77. The zero-order valence-electron chi connectivity index (χ0n) is 12.7. The quantitative estimate of drug-likeness (QED) is 0.917. The molecule has 0 aliphatic carbocycles. The minimum atomic E-state index is -0.265. The molecule has 1 aromatic heterocycles. The van der Waals surface area contributed by atoms with E-state index >= 15 is 0 Å². The average molecular weight is 318 g/mol. The monoisotopic (exact) mass is 318 g/mol. The number of rotatable bonds is 5. The first kappa shape index (κ1) is 15.7. The number of ether oxygens (including phenoxy) is 1. The normalized spacial score (nSPS) is 18.7. The zero-order chi connectivity index (χ0) is 16.1. The van der Waals surface area contributed by atoms with E-state index in [0.29, 0.717) is 32.8 Å². The van der Waals surface area contributed by atoms with E-state index in [-0.39, 0.29) is 17.8 Å². The highest BCUT2D eigenvalue weighted by atomic mass is 19.1. The van der Waals surface area contributed by atoms with Gasteiger partial charge in [0.2, 0.25) is 5.91 Å². The number of hydrogen-bond acceptors (Lipinski definition) is 4. The van der Waals surface area contributed by atoms with Crippen LogP contribution in [0.2, 0.25) is 0 Å². The molecular formula is C17H19FN2O3. The number of carbonyl (C=O) groups excluding carboxylic acids is 1. The van der Waals surface area contributed by atoms with E-state index < -0.39 is 0 Å². The highest BCUT2D eigenvalue weighted by Gasteiger charge is 2.23. The van der Waals surface area contributed by atoms with Crippen LogP contribution in [-0.4, -0.2) is 37.0 Å². The van der Waals surface area contributed by atoms with Crippen LogP contribution in [-0.2, 0) is 16.1 Å². The lowest BCUT2D eigenvalue weighted by Gasteiger charge is -2.32. The molecule has 2 heterocycles. The lowest BCUT2D eigenvalue weighted by molar-refractivity contribution is -0.124. The predicted molar refractivity (Wildman–Crippen MR) is 82.1 cm³/mol. The number of halogens is 1. The van der Waals surface area contributed by atoms with Crippen molar-refractivity contribution < 1.29 is 18.3 Å². The smallest absolute Gasteiger partial charge is 0.234 e. The first-order chi connectivity index (χ1) is 11.2. The van der Waals surface area contributed by atoms with Gasteiger partial charge in [-0.3, -0.25) is 9.69 Å². The Bertz CT molecular complexity index is 628. The number of carbonyl (C=O) groups is 1. The second-order valence-corrected chi connectivity index (χ2v) is 5.50. The Morgan fingerprint density at radius 2 is 2.13 bits per heavy atom. The lowest BCUT2D eigenvalue weighted by Crippen LogP contribution is -2.44. The van der Waals surface area contributed by atoms with Gasteiger partial charge in [0.15, 0.2) is 0 Å². The topological polar surface area (TPSA) is 54.7 Å². The van der Waals surface area contributed by atoms with Crippen LogP contribution in [0, 0.1) is 5.82 Å². The molecule has 1 aliphatic heterocycles. The maximum atomic E-state index is 13.0. The van der Waals surface area contributed by atoms with Crippen molar-refractivity contribution in [2.75, 3.05) is 26.2 Å². The van der Waals surface area contributed by atoms with Gasteiger partial charge in [-0.05, 0) is 29.8 Å². The van der Waals surface area contributed by atoms with Gasteiger partial charge >= 0.3 is 0 Å². The summed E-state index contributed by atoms with van der Waals surface area (Å²) in [7, 11) is 0. The molecule has 1 saturated heterocycles. The molecular weight excluding hydrogens is 299 g/mol. The van der Waals surface area contributed by atoms with Crippen LogP contribution in [0.5, 0.6) is 0 Å². The molecule has 5 nitrogen and oxygen atoms in total. The van der Waals surface area contributed by atoms with Crippen molar-refractivity contribution in [3.05, 3.63) is 59.8 Å². The minimum Gasteiger partial charge on any atom is -0.467 e. The van der Waals surface area contributed by atoms with Crippen molar-refractivity contribution in [2.24, 2.45) is 0 Å². The largest absolute Gasteiger partial charge is 0.467 e. The molecule has 0 saturated carbocycles. The summed E-state index contributed by atoms with van der Waals surface area (Å²) in [5, 5.41) is 2.83. The van der Waals surface area contributed by atoms with Crippen molar-refractivity contribution in [3.8, 4) is 0 Å². The van der Waals surface area contributed by atoms with Crippen molar-refractivity contribution in [1.82, 2.24) is 10.2 Å². The summed E-state index contributed by atoms with van der Waals surface area (Å²) in [6.07, 6.45) is 1.44. The fourth-order valence-electron chi connectivity index (χ4n) is 2.58. The van der Waals surface area contributed by atoms with Crippen molar-refractivity contribution in [1.29, 1.82) is 0 Å². The van der Waals surface area contributed by atoms with Gasteiger partial charge < -0.3 is 14.5 Å². The van der Waals surface area contributed by atoms with E-state index in [9.17, 15) is 9.18 Å². The van der Waals surface area contributed by atoms with E-state index in [1.165, 1.54) is 12.1 Å². The number of amides is 1. The SMILES string of the molecule is O=C(CN1CCOC(c2ccc(F)cc2)C1)NCc1ccco1. The van der Waals surface area contributed by atoms with Crippen LogP contribution >= 0.6 is 0 Å². The molecule has 1 amide bonds. The molecule has 0 bridgehead atoms. The Kier molecular flexibility index (Phi) is 5.05. The van der Waals surface area contributed by atoms with Gasteiger partial charge in [-0.1, -0.05) is 12.1 Å². The molecule has 1 fully saturated rings. The third-order valence-electron chi connectivity index (χ3n) is 3.80. The van der Waals surface area contributed by atoms with Crippen LogP contribution < -0.4 is 5.32 Å². The summed E-state index contributed by atoms with van der Waals surface area (Å²) >= 11 is 0. The van der Waals surface area contributed by atoms with Crippen LogP contribution in [0.25, 0.3) is 0 Å². The molecule has 6 heteroatoms. The van der Waals surface area contributed by atoms with Crippen molar-refractivity contribution >= 4 is 5.91 Å². The molecule has 1 aliphatic rings. The molecule has 0 spiro atoms. The summed E-state index contributed by atoms with van der Waals surface area (Å²) in [6.45, 7) is 2.55. The fraction of sp³-hybridized carbons (Fsp3) is 0.353. The molecule has 1 atom stereocenters. The molecule has 1 aromatic carbocycles. The molecule has 23 heavy (non-hydrogen) atoms. The maximum Gasteiger partial charge on any atom is 0.234 e. The summed E-state index contributed by atoms with van der Waals surface area (Å²) in [5.41, 5.74) is 0.923. The summed E-state index contributed by atoms with van der Waals surface area (Å²) in [4.78, 5) is 14.0.